The van der Waals surface area contributed by atoms with Gasteiger partial charge < -0.3 is 4.90 Å². The van der Waals surface area contributed by atoms with E-state index >= 15 is 0 Å². The van der Waals surface area contributed by atoms with Crippen molar-refractivity contribution < 1.29 is 9.18 Å². The Morgan fingerprint density at radius 2 is 2.20 bits per heavy atom. The van der Waals surface area contributed by atoms with Gasteiger partial charge in [-0.05, 0) is 18.2 Å². The SMILES string of the molecule is CN(C)C=NC(=O)c1ccc(F)cc1Cl. The normalized spacial score (nSPS) is 10.7. The molecule has 0 aliphatic rings. The van der Waals surface area contributed by atoms with Crippen molar-refractivity contribution in [3.05, 3.63) is 34.6 Å². The molecule has 0 bridgehead atoms. The molecule has 0 aliphatic heterocycles. The Labute approximate surface area is 92.2 Å². The van der Waals surface area contributed by atoms with E-state index in [1.54, 1.807) is 19.0 Å². The molecule has 0 fully saturated rings. The zero-order valence-electron chi connectivity index (χ0n) is 8.37. The molecule has 0 aliphatic carbocycles. The predicted octanol–water partition coefficient (Wildman–Crippen LogP) is 2.21. The van der Waals surface area contributed by atoms with E-state index in [4.69, 9.17) is 11.6 Å². The highest BCUT2D eigenvalue weighted by Crippen LogP contribution is 2.17. The van der Waals surface area contributed by atoms with Gasteiger partial charge in [0.15, 0.2) is 0 Å². The third-order valence-electron chi connectivity index (χ3n) is 1.57. The number of halogens is 2. The predicted molar refractivity (Wildman–Crippen MR) is 57.9 cm³/mol. The lowest BCUT2D eigenvalue weighted by Gasteiger charge is -2.02. The number of hydrogen-bond acceptors (Lipinski definition) is 1. The number of nitrogens with zero attached hydrogens (tertiary/aromatic N) is 2. The second-order valence-corrected chi connectivity index (χ2v) is 3.54. The van der Waals surface area contributed by atoms with E-state index in [1.165, 1.54) is 18.5 Å². The van der Waals surface area contributed by atoms with Crippen LogP contribution in [0.2, 0.25) is 5.02 Å². The van der Waals surface area contributed by atoms with Crippen LogP contribution < -0.4 is 0 Å². The molecule has 0 atom stereocenters. The smallest absolute Gasteiger partial charge is 0.279 e. The minimum absolute atomic E-state index is 0.0657. The summed E-state index contributed by atoms with van der Waals surface area (Å²) in [6.45, 7) is 0. The Bertz CT molecular complexity index is 404. The number of aliphatic imine (C=N–C) groups is 1. The van der Waals surface area contributed by atoms with Gasteiger partial charge in [0.05, 0.1) is 16.9 Å². The molecule has 15 heavy (non-hydrogen) atoms. The van der Waals surface area contributed by atoms with Crippen LogP contribution in [0.15, 0.2) is 23.2 Å². The Hall–Kier alpha value is -1.42. The zero-order chi connectivity index (χ0) is 11.4. The molecule has 0 unspecified atom stereocenters. The van der Waals surface area contributed by atoms with Crippen molar-refractivity contribution >= 4 is 23.8 Å². The second-order valence-electron chi connectivity index (χ2n) is 3.14. The Kier molecular flexibility index (Phi) is 3.80. The molecule has 1 aromatic rings. The van der Waals surface area contributed by atoms with Crippen molar-refractivity contribution in [3.8, 4) is 0 Å². The Balaban J connectivity index is 2.92. The molecule has 5 heteroatoms. The molecule has 80 valence electrons. The number of carbonyl (C=O) groups is 1. The van der Waals surface area contributed by atoms with E-state index in [2.05, 4.69) is 4.99 Å². The Morgan fingerprint density at radius 1 is 1.53 bits per heavy atom. The van der Waals surface area contributed by atoms with Gasteiger partial charge in [-0.1, -0.05) is 11.6 Å². The van der Waals surface area contributed by atoms with Crippen molar-refractivity contribution in [1.82, 2.24) is 4.90 Å². The van der Waals surface area contributed by atoms with Gasteiger partial charge in [0.2, 0.25) is 0 Å². The maximum Gasteiger partial charge on any atom is 0.279 e. The van der Waals surface area contributed by atoms with Crippen LogP contribution in [0.25, 0.3) is 0 Å². The molecule has 1 amide bonds. The number of benzene rings is 1. The molecule has 0 radical (unpaired) electrons. The molecule has 0 aromatic heterocycles. The van der Waals surface area contributed by atoms with Gasteiger partial charge in [0, 0.05) is 14.1 Å². The van der Waals surface area contributed by atoms with Crippen molar-refractivity contribution in [2.75, 3.05) is 14.1 Å². The third-order valence-corrected chi connectivity index (χ3v) is 1.88. The lowest BCUT2D eigenvalue weighted by Crippen LogP contribution is -2.10. The topological polar surface area (TPSA) is 32.7 Å². The van der Waals surface area contributed by atoms with E-state index in [9.17, 15) is 9.18 Å². The van der Waals surface area contributed by atoms with Gasteiger partial charge in [-0.2, -0.15) is 4.99 Å². The van der Waals surface area contributed by atoms with E-state index in [-0.39, 0.29) is 10.6 Å². The summed E-state index contributed by atoms with van der Waals surface area (Å²) < 4.78 is 12.7. The second kappa shape index (κ2) is 4.89. The van der Waals surface area contributed by atoms with Crippen LogP contribution in [0.5, 0.6) is 0 Å². The quantitative estimate of drug-likeness (QED) is 0.574. The highest BCUT2D eigenvalue weighted by Gasteiger charge is 2.09. The lowest BCUT2D eigenvalue weighted by molar-refractivity contribution is 0.100. The van der Waals surface area contributed by atoms with Crippen LogP contribution in [0.1, 0.15) is 10.4 Å². The maximum absolute atomic E-state index is 12.7. The van der Waals surface area contributed by atoms with Gasteiger partial charge in [0.25, 0.3) is 5.91 Å². The summed E-state index contributed by atoms with van der Waals surface area (Å²) in [6, 6.07) is 3.57. The van der Waals surface area contributed by atoms with E-state index in [1.807, 2.05) is 0 Å². The minimum Gasteiger partial charge on any atom is -0.369 e. The van der Waals surface area contributed by atoms with Gasteiger partial charge in [0.1, 0.15) is 5.82 Å². The van der Waals surface area contributed by atoms with Crippen LogP contribution in [0.4, 0.5) is 4.39 Å². The lowest BCUT2D eigenvalue weighted by atomic mass is 10.2. The van der Waals surface area contributed by atoms with E-state index in [0.29, 0.717) is 0 Å². The standard InChI is InChI=1S/C10H10ClFN2O/c1-14(2)6-13-10(15)8-4-3-7(12)5-9(8)11/h3-6H,1-2H3. The van der Waals surface area contributed by atoms with Crippen LogP contribution in [-0.2, 0) is 0 Å². The molecule has 0 N–H and O–H groups in total. The molecule has 0 saturated heterocycles. The van der Waals surface area contributed by atoms with Crippen molar-refractivity contribution in [3.63, 3.8) is 0 Å². The monoisotopic (exact) mass is 228 g/mol. The fourth-order valence-electron chi connectivity index (χ4n) is 0.900. The fourth-order valence-corrected chi connectivity index (χ4v) is 1.15. The molecule has 1 rings (SSSR count). The van der Waals surface area contributed by atoms with Crippen molar-refractivity contribution in [1.29, 1.82) is 0 Å². The summed E-state index contributed by atoms with van der Waals surface area (Å²) in [5.41, 5.74) is 0.191. The third kappa shape index (κ3) is 3.32. The first-order chi connectivity index (χ1) is 7.00. The fraction of sp³-hybridized carbons (Fsp3) is 0.200. The molecule has 3 nitrogen and oxygen atoms in total. The maximum atomic E-state index is 12.7. The van der Waals surface area contributed by atoms with E-state index in [0.717, 1.165) is 6.07 Å². The number of carbonyl (C=O) groups excluding carboxylic acids is 1. The Morgan fingerprint density at radius 3 is 2.73 bits per heavy atom. The summed E-state index contributed by atoms with van der Waals surface area (Å²) in [7, 11) is 3.48. The minimum atomic E-state index is -0.492. The van der Waals surface area contributed by atoms with Gasteiger partial charge in [-0.3, -0.25) is 4.79 Å². The molecule has 0 spiro atoms. The molecule has 1 aromatic carbocycles. The molecular formula is C10H10ClFN2O. The summed E-state index contributed by atoms with van der Waals surface area (Å²) >= 11 is 5.69. The first-order valence-electron chi connectivity index (χ1n) is 4.20. The summed E-state index contributed by atoms with van der Waals surface area (Å²) in [5, 5.41) is 0.0657. The van der Waals surface area contributed by atoms with Crippen molar-refractivity contribution in [2.45, 2.75) is 0 Å². The number of hydrogen-bond donors (Lipinski definition) is 0. The van der Waals surface area contributed by atoms with Crippen molar-refractivity contribution in [2.24, 2.45) is 4.99 Å². The van der Waals surface area contributed by atoms with Gasteiger partial charge in [-0.25, -0.2) is 4.39 Å². The molecule has 0 saturated carbocycles. The molecule has 0 heterocycles. The average Bonchev–Trinajstić information content (AvgIpc) is 2.14. The van der Waals surface area contributed by atoms with Crippen LogP contribution in [0, 0.1) is 5.82 Å². The zero-order valence-corrected chi connectivity index (χ0v) is 9.12. The first-order valence-corrected chi connectivity index (χ1v) is 4.58. The average molecular weight is 229 g/mol. The van der Waals surface area contributed by atoms with Crippen LogP contribution >= 0.6 is 11.6 Å². The van der Waals surface area contributed by atoms with Crippen LogP contribution in [0.3, 0.4) is 0 Å². The summed E-state index contributed by atoms with van der Waals surface area (Å²) in [4.78, 5) is 16.7. The molecular weight excluding hydrogens is 219 g/mol. The van der Waals surface area contributed by atoms with Gasteiger partial charge in [-0.15, -0.1) is 0 Å². The van der Waals surface area contributed by atoms with Gasteiger partial charge >= 0.3 is 0 Å². The largest absolute Gasteiger partial charge is 0.369 e. The number of amides is 1. The van der Waals surface area contributed by atoms with E-state index < -0.39 is 11.7 Å². The highest BCUT2D eigenvalue weighted by atomic mass is 35.5. The summed E-state index contributed by atoms with van der Waals surface area (Å²) in [6.07, 6.45) is 1.36. The highest BCUT2D eigenvalue weighted by molar-refractivity contribution is 6.34. The first kappa shape index (κ1) is 11.7. The summed E-state index contributed by atoms with van der Waals surface area (Å²) in [5.74, 6) is -0.971. The van der Waals surface area contributed by atoms with Crippen LogP contribution in [-0.4, -0.2) is 31.2 Å². The number of rotatable bonds is 2.